The van der Waals surface area contributed by atoms with E-state index in [1.54, 1.807) is 0 Å². The minimum atomic E-state index is -0.311. The van der Waals surface area contributed by atoms with Crippen molar-refractivity contribution < 1.29 is 14.3 Å². The molecule has 0 radical (unpaired) electrons. The molecule has 0 atom stereocenters. The molecule has 2 amide bonds. The largest absolute Gasteiger partial charge is 0.493 e. The molecule has 1 heterocycles. The number of aromatic nitrogens is 2. The zero-order valence-electron chi connectivity index (χ0n) is 15.1. The van der Waals surface area contributed by atoms with Gasteiger partial charge in [0, 0.05) is 31.9 Å². The van der Waals surface area contributed by atoms with Crippen LogP contribution in [0.15, 0.2) is 36.8 Å². The maximum absolute atomic E-state index is 11.8. The van der Waals surface area contributed by atoms with Gasteiger partial charge in [0.05, 0.1) is 12.8 Å². The van der Waals surface area contributed by atoms with Gasteiger partial charge >= 0.3 is 0 Å². The Morgan fingerprint density at radius 1 is 1.08 bits per heavy atom. The summed E-state index contributed by atoms with van der Waals surface area (Å²) in [4.78, 5) is 31.3. The van der Waals surface area contributed by atoms with Gasteiger partial charge in [-0.15, -0.1) is 0 Å². The highest BCUT2D eigenvalue weighted by molar-refractivity contribution is 5.91. The Morgan fingerprint density at radius 2 is 1.81 bits per heavy atom. The van der Waals surface area contributed by atoms with Crippen LogP contribution >= 0.6 is 0 Å². The average molecular weight is 356 g/mol. The van der Waals surface area contributed by atoms with E-state index in [0.717, 1.165) is 16.9 Å². The van der Waals surface area contributed by atoms with Crippen LogP contribution in [0.3, 0.4) is 0 Å². The maximum Gasteiger partial charge on any atom is 0.271 e. The summed E-state index contributed by atoms with van der Waals surface area (Å²) in [5.41, 5.74) is 2.43. The Morgan fingerprint density at radius 3 is 2.50 bits per heavy atom. The number of aryl methyl sites for hydroxylation is 2. The molecule has 0 fully saturated rings. The molecule has 7 heteroatoms. The highest BCUT2D eigenvalue weighted by atomic mass is 16.5. The minimum Gasteiger partial charge on any atom is -0.493 e. The molecule has 0 spiro atoms. The van der Waals surface area contributed by atoms with Crippen LogP contribution in [0.1, 0.15) is 34.5 Å². The first-order valence-corrected chi connectivity index (χ1v) is 8.58. The van der Waals surface area contributed by atoms with Crippen LogP contribution in [0.2, 0.25) is 0 Å². The predicted octanol–water partition coefficient (Wildman–Crippen LogP) is 1.80. The summed E-state index contributed by atoms with van der Waals surface area (Å²) >= 11 is 0. The smallest absolute Gasteiger partial charge is 0.271 e. The van der Waals surface area contributed by atoms with Crippen LogP contribution in [0.25, 0.3) is 0 Å². The zero-order valence-corrected chi connectivity index (χ0v) is 15.1. The van der Waals surface area contributed by atoms with Crippen LogP contribution in [-0.4, -0.2) is 41.5 Å². The van der Waals surface area contributed by atoms with Crippen molar-refractivity contribution in [3.63, 3.8) is 0 Å². The number of benzene rings is 1. The summed E-state index contributed by atoms with van der Waals surface area (Å²) in [6.07, 6.45) is 5.36. The summed E-state index contributed by atoms with van der Waals surface area (Å²) in [7, 11) is 0. The van der Waals surface area contributed by atoms with Gasteiger partial charge in [-0.3, -0.25) is 14.6 Å². The molecule has 0 bridgehead atoms. The maximum atomic E-state index is 11.8. The second-order valence-corrected chi connectivity index (χ2v) is 5.87. The predicted molar refractivity (Wildman–Crippen MR) is 98.0 cm³/mol. The molecule has 0 saturated heterocycles. The van der Waals surface area contributed by atoms with Crippen molar-refractivity contribution in [3.8, 4) is 5.75 Å². The molecule has 2 rings (SSSR count). The summed E-state index contributed by atoms with van der Waals surface area (Å²) < 4.78 is 5.77. The Hall–Kier alpha value is -2.96. The molecule has 7 nitrogen and oxygen atoms in total. The van der Waals surface area contributed by atoms with Crippen molar-refractivity contribution in [1.82, 2.24) is 20.6 Å². The molecule has 26 heavy (non-hydrogen) atoms. The molecule has 2 N–H and O–H groups in total. The SMILES string of the molecule is Cc1cccc(C)c1OCCCC(=O)NCCNC(=O)c1cnccn1. The van der Waals surface area contributed by atoms with Crippen molar-refractivity contribution in [1.29, 1.82) is 0 Å². The van der Waals surface area contributed by atoms with Crippen LogP contribution in [0, 0.1) is 13.8 Å². The first kappa shape index (κ1) is 19.4. The molecule has 0 unspecified atom stereocenters. The summed E-state index contributed by atoms with van der Waals surface area (Å²) in [5.74, 6) is 0.512. The number of carbonyl (C=O) groups is 2. The summed E-state index contributed by atoms with van der Waals surface area (Å²) in [6, 6.07) is 6.00. The molecular formula is C19H24N4O3. The number of nitrogens with zero attached hydrogens (tertiary/aromatic N) is 2. The first-order chi connectivity index (χ1) is 12.6. The molecule has 0 aliphatic carbocycles. The molecule has 1 aromatic heterocycles. The van der Waals surface area contributed by atoms with Crippen molar-refractivity contribution in [2.45, 2.75) is 26.7 Å². The summed E-state index contributed by atoms with van der Waals surface area (Å²) in [6.45, 7) is 5.19. The van der Waals surface area contributed by atoms with E-state index in [2.05, 4.69) is 20.6 Å². The fraction of sp³-hybridized carbons (Fsp3) is 0.368. The van der Waals surface area contributed by atoms with Crippen LogP contribution < -0.4 is 15.4 Å². The van der Waals surface area contributed by atoms with E-state index < -0.39 is 0 Å². The van der Waals surface area contributed by atoms with E-state index in [-0.39, 0.29) is 17.5 Å². The minimum absolute atomic E-state index is 0.0659. The van der Waals surface area contributed by atoms with Gasteiger partial charge in [-0.05, 0) is 31.4 Å². The van der Waals surface area contributed by atoms with E-state index in [4.69, 9.17) is 4.74 Å². The number of ether oxygens (including phenoxy) is 1. The van der Waals surface area contributed by atoms with Crippen molar-refractivity contribution in [2.24, 2.45) is 0 Å². The van der Waals surface area contributed by atoms with E-state index in [1.165, 1.54) is 18.6 Å². The van der Waals surface area contributed by atoms with E-state index in [0.29, 0.717) is 32.5 Å². The second-order valence-electron chi connectivity index (χ2n) is 5.87. The lowest BCUT2D eigenvalue weighted by Gasteiger charge is -2.12. The Bertz CT molecular complexity index is 715. The lowest BCUT2D eigenvalue weighted by atomic mass is 10.1. The number of amides is 2. The highest BCUT2D eigenvalue weighted by Crippen LogP contribution is 2.22. The first-order valence-electron chi connectivity index (χ1n) is 8.58. The number of carbonyl (C=O) groups excluding carboxylic acids is 2. The van der Waals surface area contributed by atoms with Gasteiger partial charge in [0.25, 0.3) is 5.91 Å². The lowest BCUT2D eigenvalue weighted by Crippen LogP contribution is -2.35. The third-order valence-electron chi connectivity index (χ3n) is 3.73. The molecular weight excluding hydrogens is 332 g/mol. The fourth-order valence-electron chi connectivity index (χ4n) is 2.41. The number of nitrogens with one attached hydrogen (secondary N) is 2. The van der Waals surface area contributed by atoms with Gasteiger partial charge in [-0.25, -0.2) is 4.98 Å². The van der Waals surface area contributed by atoms with Crippen molar-refractivity contribution in [3.05, 3.63) is 53.6 Å². The number of hydrogen-bond acceptors (Lipinski definition) is 5. The van der Waals surface area contributed by atoms with Gasteiger partial charge < -0.3 is 15.4 Å². The quantitative estimate of drug-likeness (QED) is 0.668. The molecule has 138 valence electrons. The molecule has 0 saturated carbocycles. The standard InChI is InChI=1S/C19H24N4O3/c1-14-5-3-6-15(2)18(14)26-12-4-7-17(24)22-10-11-23-19(25)16-13-20-8-9-21-16/h3,5-6,8-9,13H,4,7,10-12H2,1-2H3,(H,22,24)(H,23,25). The van der Waals surface area contributed by atoms with Crippen molar-refractivity contribution in [2.75, 3.05) is 19.7 Å². The monoisotopic (exact) mass is 356 g/mol. The lowest BCUT2D eigenvalue weighted by molar-refractivity contribution is -0.121. The van der Waals surface area contributed by atoms with Crippen molar-refractivity contribution >= 4 is 11.8 Å². The summed E-state index contributed by atoms with van der Waals surface area (Å²) in [5, 5.41) is 5.44. The Labute approximate surface area is 153 Å². The highest BCUT2D eigenvalue weighted by Gasteiger charge is 2.07. The molecule has 0 aliphatic heterocycles. The molecule has 1 aromatic carbocycles. The van der Waals surface area contributed by atoms with Gasteiger partial charge in [0.15, 0.2) is 0 Å². The van der Waals surface area contributed by atoms with Crippen LogP contribution in [0.5, 0.6) is 5.75 Å². The average Bonchev–Trinajstić information content (AvgIpc) is 2.64. The van der Waals surface area contributed by atoms with Gasteiger partial charge in [0.2, 0.25) is 5.91 Å². The van der Waals surface area contributed by atoms with Gasteiger partial charge in [-0.1, -0.05) is 18.2 Å². The fourth-order valence-corrected chi connectivity index (χ4v) is 2.41. The third kappa shape index (κ3) is 6.16. The zero-order chi connectivity index (χ0) is 18.8. The van der Waals surface area contributed by atoms with E-state index >= 15 is 0 Å². The van der Waals surface area contributed by atoms with Crippen LogP contribution in [-0.2, 0) is 4.79 Å². The Balaban J connectivity index is 1.57. The molecule has 0 aliphatic rings. The van der Waals surface area contributed by atoms with Gasteiger partial charge in [0.1, 0.15) is 11.4 Å². The van der Waals surface area contributed by atoms with Gasteiger partial charge in [-0.2, -0.15) is 0 Å². The number of para-hydroxylation sites is 1. The third-order valence-corrected chi connectivity index (χ3v) is 3.73. The second kappa shape index (κ2) is 10.1. The van der Waals surface area contributed by atoms with Crippen LogP contribution in [0.4, 0.5) is 0 Å². The number of rotatable bonds is 9. The normalized spacial score (nSPS) is 10.2. The number of hydrogen-bond donors (Lipinski definition) is 2. The van der Waals surface area contributed by atoms with E-state index in [1.807, 2.05) is 32.0 Å². The topological polar surface area (TPSA) is 93.2 Å². The molecule has 2 aromatic rings. The van der Waals surface area contributed by atoms with E-state index in [9.17, 15) is 9.59 Å². The Kier molecular flexibility index (Phi) is 7.54.